The monoisotopic (exact) mass is 429 g/mol. The van der Waals surface area contributed by atoms with Crippen molar-refractivity contribution in [1.82, 2.24) is 4.90 Å². The van der Waals surface area contributed by atoms with Gasteiger partial charge < -0.3 is 20.1 Å². The van der Waals surface area contributed by atoms with Gasteiger partial charge in [0.2, 0.25) is 5.91 Å². The van der Waals surface area contributed by atoms with Crippen molar-refractivity contribution in [1.29, 1.82) is 0 Å². The second-order valence-corrected chi connectivity index (χ2v) is 8.72. The molecular formula is C23H28ClN3O3. The maximum Gasteiger partial charge on any atom is 0.228 e. The molecule has 2 aliphatic rings. The van der Waals surface area contributed by atoms with Gasteiger partial charge in [0.25, 0.3) is 0 Å². The number of amides is 1. The predicted molar refractivity (Wildman–Crippen MR) is 120 cm³/mol. The van der Waals surface area contributed by atoms with Crippen LogP contribution in [0.3, 0.4) is 0 Å². The summed E-state index contributed by atoms with van der Waals surface area (Å²) in [5.41, 5.74) is 2.95. The van der Waals surface area contributed by atoms with E-state index in [9.17, 15) is 9.90 Å². The number of anilines is 2. The molecule has 30 heavy (non-hydrogen) atoms. The number of halogens is 1. The lowest BCUT2D eigenvalue weighted by molar-refractivity contribution is -0.115. The summed E-state index contributed by atoms with van der Waals surface area (Å²) in [4.78, 5) is 16.2. The smallest absolute Gasteiger partial charge is 0.228 e. The Kier molecular flexibility index (Phi) is 6.18. The minimum atomic E-state index is -0.593. The first-order valence-electron chi connectivity index (χ1n) is 10.4. The van der Waals surface area contributed by atoms with Crippen LogP contribution in [0.5, 0.6) is 5.75 Å². The van der Waals surface area contributed by atoms with Gasteiger partial charge in [-0.2, -0.15) is 0 Å². The predicted octanol–water partition coefficient (Wildman–Crippen LogP) is 3.17. The maximum atomic E-state index is 11.5. The van der Waals surface area contributed by atoms with Crippen LogP contribution in [0.1, 0.15) is 19.4 Å². The maximum absolute atomic E-state index is 11.5. The lowest BCUT2D eigenvalue weighted by Gasteiger charge is -2.46. The lowest BCUT2D eigenvalue weighted by Crippen LogP contribution is -2.58. The van der Waals surface area contributed by atoms with Gasteiger partial charge in [-0.25, -0.2) is 0 Å². The number of hydrogen-bond acceptors (Lipinski definition) is 5. The van der Waals surface area contributed by atoms with Crippen molar-refractivity contribution in [3.8, 4) is 5.75 Å². The molecule has 7 heteroatoms. The Labute approximate surface area is 182 Å². The Morgan fingerprint density at radius 3 is 2.57 bits per heavy atom. The fourth-order valence-corrected chi connectivity index (χ4v) is 4.49. The van der Waals surface area contributed by atoms with Crippen LogP contribution in [-0.2, 0) is 11.2 Å². The Morgan fingerprint density at radius 1 is 1.17 bits per heavy atom. The molecule has 2 heterocycles. The van der Waals surface area contributed by atoms with E-state index in [-0.39, 0.29) is 12.5 Å². The first-order valence-corrected chi connectivity index (χ1v) is 10.8. The molecule has 0 unspecified atom stereocenters. The van der Waals surface area contributed by atoms with Gasteiger partial charge in [0.05, 0.1) is 6.42 Å². The van der Waals surface area contributed by atoms with Crippen molar-refractivity contribution in [3.05, 3.63) is 53.1 Å². The zero-order valence-corrected chi connectivity index (χ0v) is 18.1. The van der Waals surface area contributed by atoms with Crippen molar-refractivity contribution >= 4 is 28.9 Å². The highest BCUT2D eigenvalue weighted by molar-refractivity contribution is 6.30. The molecule has 2 aromatic rings. The molecule has 1 saturated heterocycles. The topological polar surface area (TPSA) is 65.0 Å². The van der Waals surface area contributed by atoms with Crippen LogP contribution in [0, 0.1) is 0 Å². The first kappa shape index (κ1) is 21.0. The average molecular weight is 430 g/mol. The van der Waals surface area contributed by atoms with Crippen LogP contribution in [-0.4, -0.2) is 60.3 Å². The third kappa shape index (κ3) is 4.72. The van der Waals surface area contributed by atoms with Gasteiger partial charge in [0.1, 0.15) is 18.5 Å². The third-order valence-corrected chi connectivity index (χ3v) is 6.11. The molecule has 0 saturated carbocycles. The number of fused-ring (bicyclic) bond motifs is 1. The number of β-amino-alcohol motifs (C(OH)–C–C–N with tert-alkyl or cyclic N) is 1. The van der Waals surface area contributed by atoms with E-state index in [0.717, 1.165) is 29.4 Å². The van der Waals surface area contributed by atoms with Crippen molar-refractivity contribution < 1.29 is 14.6 Å². The number of benzene rings is 2. The number of nitrogens with one attached hydrogen (secondary N) is 1. The summed E-state index contributed by atoms with van der Waals surface area (Å²) in [6, 6.07) is 14.1. The molecule has 3 atom stereocenters. The summed E-state index contributed by atoms with van der Waals surface area (Å²) in [7, 11) is 0. The number of rotatable bonds is 6. The second-order valence-electron chi connectivity index (χ2n) is 8.28. The molecule has 4 rings (SSSR count). The normalized spacial score (nSPS) is 22.5. The largest absolute Gasteiger partial charge is 0.491 e. The molecule has 0 aliphatic carbocycles. The number of piperazine rings is 1. The standard InChI is InChI=1S/C23H28ClN3O3/c1-15-11-26(19-5-3-18(24)4-6-19)12-16(2)27(15)13-20(28)14-30-21-7-8-22-17(9-21)10-23(29)25-22/h3-9,15-16,20,28H,10-14H2,1-2H3,(H,25,29)/t15-,16+,20-/m0/s1. The molecule has 2 aliphatic heterocycles. The molecule has 160 valence electrons. The molecule has 0 aromatic heterocycles. The average Bonchev–Trinajstić information content (AvgIpc) is 3.09. The summed E-state index contributed by atoms with van der Waals surface area (Å²) in [5.74, 6) is 0.681. The van der Waals surface area contributed by atoms with Crippen molar-refractivity contribution in [3.63, 3.8) is 0 Å². The molecule has 0 bridgehead atoms. The van der Waals surface area contributed by atoms with E-state index in [2.05, 4.69) is 41.1 Å². The zero-order valence-electron chi connectivity index (χ0n) is 17.3. The van der Waals surface area contributed by atoms with E-state index >= 15 is 0 Å². The number of aliphatic hydroxyl groups is 1. The SMILES string of the molecule is C[C@@H]1CN(c2ccc(Cl)cc2)C[C@H](C)N1C[C@H](O)COc1ccc2c(c1)CC(=O)N2. The fourth-order valence-electron chi connectivity index (χ4n) is 4.36. The number of aliphatic hydroxyl groups excluding tert-OH is 1. The summed E-state index contributed by atoms with van der Waals surface area (Å²) >= 11 is 6.01. The molecule has 0 spiro atoms. The summed E-state index contributed by atoms with van der Waals surface area (Å²) in [5, 5.41) is 14.1. The van der Waals surface area contributed by atoms with Crippen LogP contribution in [0.4, 0.5) is 11.4 Å². The zero-order chi connectivity index (χ0) is 21.3. The molecular weight excluding hydrogens is 402 g/mol. The van der Waals surface area contributed by atoms with Gasteiger partial charge in [0, 0.05) is 48.1 Å². The van der Waals surface area contributed by atoms with Gasteiger partial charge in [0.15, 0.2) is 0 Å². The Balaban J connectivity index is 1.30. The van der Waals surface area contributed by atoms with Crippen LogP contribution < -0.4 is 15.0 Å². The second kappa shape index (κ2) is 8.84. The van der Waals surface area contributed by atoms with Gasteiger partial charge in [-0.3, -0.25) is 9.69 Å². The molecule has 2 aromatic carbocycles. The van der Waals surface area contributed by atoms with Crippen LogP contribution in [0.15, 0.2) is 42.5 Å². The number of nitrogens with zero attached hydrogens (tertiary/aromatic N) is 2. The number of carbonyl (C=O) groups excluding carboxylic acids is 1. The van der Waals surface area contributed by atoms with E-state index < -0.39 is 6.10 Å². The molecule has 0 radical (unpaired) electrons. The highest BCUT2D eigenvalue weighted by Gasteiger charge is 2.31. The summed E-state index contributed by atoms with van der Waals surface area (Å²) in [6.07, 6.45) is -0.216. The van der Waals surface area contributed by atoms with Gasteiger partial charge in [-0.05, 0) is 61.9 Å². The van der Waals surface area contributed by atoms with Crippen molar-refractivity contribution in [2.75, 3.05) is 36.5 Å². The summed E-state index contributed by atoms with van der Waals surface area (Å²) in [6.45, 7) is 6.95. The number of hydrogen-bond donors (Lipinski definition) is 2. The Morgan fingerprint density at radius 2 is 1.87 bits per heavy atom. The first-order chi connectivity index (χ1) is 14.4. The van der Waals surface area contributed by atoms with E-state index in [1.807, 2.05) is 30.3 Å². The fraction of sp³-hybridized carbons (Fsp3) is 0.435. The molecule has 1 fully saturated rings. The van der Waals surface area contributed by atoms with E-state index in [4.69, 9.17) is 16.3 Å². The van der Waals surface area contributed by atoms with Crippen LogP contribution >= 0.6 is 11.6 Å². The van der Waals surface area contributed by atoms with Gasteiger partial charge >= 0.3 is 0 Å². The lowest BCUT2D eigenvalue weighted by atomic mass is 10.1. The van der Waals surface area contributed by atoms with Crippen LogP contribution in [0.25, 0.3) is 0 Å². The van der Waals surface area contributed by atoms with Gasteiger partial charge in [-0.1, -0.05) is 11.6 Å². The summed E-state index contributed by atoms with van der Waals surface area (Å²) < 4.78 is 5.80. The Hall–Kier alpha value is -2.28. The minimum Gasteiger partial charge on any atom is -0.491 e. The van der Waals surface area contributed by atoms with Gasteiger partial charge in [-0.15, -0.1) is 0 Å². The van der Waals surface area contributed by atoms with Crippen molar-refractivity contribution in [2.24, 2.45) is 0 Å². The highest BCUT2D eigenvalue weighted by Crippen LogP contribution is 2.28. The third-order valence-electron chi connectivity index (χ3n) is 5.86. The van der Waals surface area contributed by atoms with Crippen molar-refractivity contribution in [2.45, 2.75) is 38.5 Å². The minimum absolute atomic E-state index is 0.00269. The molecule has 2 N–H and O–H groups in total. The quantitative estimate of drug-likeness (QED) is 0.738. The van der Waals surface area contributed by atoms with E-state index in [0.29, 0.717) is 30.8 Å². The number of ether oxygens (including phenoxy) is 1. The van der Waals surface area contributed by atoms with E-state index in [1.165, 1.54) is 5.69 Å². The Bertz CT molecular complexity index is 893. The number of carbonyl (C=O) groups is 1. The van der Waals surface area contributed by atoms with Crippen LogP contribution in [0.2, 0.25) is 5.02 Å². The molecule has 6 nitrogen and oxygen atoms in total. The van der Waals surface area contributed by atoms with E-state index in [1.54, 1.807) is 0 Å². The molecule has 1 amide bonds. The highest BCUT2D eigenvalue weighted by atomic mass is 35.5.